The van der Waals surface area contributed by atoms with E-state index in [4.69, 9.17) is 4.74 Å². The minimum atomic E-state index is -1.51. The van der Waals surface area contributed by atoms with Gasteiger partial charge in [-0.1, -0.05) is 18.2 Å². The summed E-state index contributed by atoms with van der Waals surface area (Å²) >= 11 is 0. The lowest BCUT2D eigenvalue weighted by atomic mass is 10.00. The first-order valence-corrected chi connectivity index (χ1v) is 13.3. The van der Waals surface area contributed by atoms with Crippen LogP contribution in [-0.4, -0.2) is 84.6 Å². The van der Waals surface area contributed by atoms with Gasteiger partial charge in [-0.05, 0) is 80.7 Å². The number of aryl methyl sites for hydroxylation is 2. The minimum Gasteiger partial charge on any atom is -0.497 e. The lowest BCUT2D eigenvalue weighted by Crippen LogP contribution is -2.44. The van der Waals surface area contributed by atoms with E-state index in [-0.39, 0.29) is 24.9 Å². The van der Waals surface area contributed by atoms with Crippen LogP contribution in [0.5, 0.6) is 5.75 Å². The molecule has 0 saturated carbocycles. The van der Waals surface area contributed by atoms with E-state index in [9.17, 15) is 13.8 Å². The van der Waals surface area contributed by atoms with Crippen LogP contribution in [0.15, 0.2) is 35.2 Å². The van der Waals surface area contributed by atoms with Gasteiger partial charge >= 0.3 is 0 Å². The molecule has 2 aromatic carbocycles. The molecule has 3 rings (SSSR count). The highest BCUT2D eigenvalue weighted by Gasteiger charge is 2.22. The van der Waals surface area contributed by atoms with Crippen molar-refractivity contribution < 1.29 is 18.5 Å². The van der Waals surface area contributed by atoms with Crippen molar-refractivity contribution in [1.29, 1.82) is 0 Å². The van der Waals surface area contributed by atoms with Crippen LogP contribution < -0.4 is 10.1 Å². The molecule has 2 aromatic rings. The van der Waals surface area contributed by atoms with Crippen molar-refractivity contribution in [3.8, 4) is 5.75 Å². The SMILES string of the molecule is COc1cc(C)c(S(=O)N(C)CC(=O)NCC(=O)N2CCc3ccc(CN(C)C)cc3CC2)c(C)c1. The van der Waals surface area contributed by atoms with E-state index in [1.807, 2.05) is 30.9 Å². The number of hydrogen-bond acceptors (Lipinski definition) is 5. The maximum absolute atomic E-state index is 13.1. The fraction of sp³-hybridized carbons (Fsp3) is 0.481. The number of fused-ring (bicyclic) bond motifs is 1. The van der Waals surface area contributed by atoms with Crippen molar-refractivity contribution in [3.63, 3.8) is 0 Å². The fourth-order valence-electron chi connectivity index (χ4n) is 4.55. The minimum absolute atomic E-state index is 0.0673. The predicted molar refractivity (Wildman–Crippen MR) is 142 cm³/mol. The largest absolute Gasteiger partial charge is 0.497 e. The van der Waals surface area contributed by atoms with Crippen LogP contribution in [0.25, 0.3) is 0 Å². The van der Waals surface area contributed by atoms with Crippen LogP contribution in [0, 0.1) is 13.8 Å². The van der Waals surface area contributed by atoms with Gasteiger partial charge in [0.05, 0.1) is 25.1 Å². The molecule has 0 aliphatic carbocycles. The van der Waals surface area contributed by atoms with E-state index < -0.39 is 11.0 Å². The summed E-state index contributed by atoms with van der Waals surface area (Å²) in [5.74, 6) is 0.264. The average molecular weight is 515 g/mol. The molecule has 36 heavy (non-hydrogen) atoms. The zero-order valence-corrected chi connectivity index (χ0v) is 23.0. The number of likely N-dealkylation sites (N-methyl/N-ethyl adjacent to an activating group) is 1. The van der Waals surface area contributed by atoms with E-state index >= 15 is 0 Å². The molecule has 1 heterocycles. The topological polar surface area (TPSA) is 82.2 Å². The monoisotopic (exact) mass is 514 g/mol. The highest BCUT2D eigenvalue weighted by atomic mass is 32.2. The van der Waals surface area contributed by atoms with Crippen LogP contribution in [0.1, 0.15) is 27.8 Å². The first kappa shape index (κ1) is 27.8. The summed E-state index contributed by atoms with van der Waals surface area (Å²) in [5.41, 5.74) is 5.52. The van der Waals surface area contributed by atoms with Gasteiger partial charge in [-0.25, -0.2) is 8.51 Å². The van der Waals surface area contributed by atoms with Gasteiger partial charge in [0.25, 0.3) is 0 Å². The van der Waals surface area contributed by atoms with Crippen LogP contribution in [0.4, 0.5) is 0 Å². The molecular weight excluding hydrogens is 476 g/mol. The number of methoxy groups -OCH3 is 1. The van der Waals surface area contributed by atoms with E-state index in [2.05, 4.69) is 42.5 Å². The summed E-state index contributed by atoms with van der Waals surface area (Å²) in [6, 6.07) is 10.2. The Morgan fingerprint density at radius 1 is 1.03 bits per heavy atom. The normalized spacial score (nSPS) is 14.4. The predicted octanol–water partition coefficient (Wildman–Crippen LogP) is 2.07. The number of hydrogen-bond donors (Lipinski definition) is 1. The molecule has 8 nitrogen and oxygen atoms in total. The second-order valence-corrected chi connectivity index (χ2v) is 11.2. The molecular formula is C27H38N4O4S. The van der Waals surface area contributed by atoms with Crippen molar-refractivity contribution in [3.05, 3.63) is 58.1 Å². The Morgan fingerprint density at radius 3 is 2.28 bits per heavy atom. The molecule has 0 saturated heterocycles. The number of carbonyl (C=O) groups is 2. The number of nitrogens with zero attached hydrogens (tertiary/aromatic N) is 3. The van der Waals surface area contributed by atoms with E-state index in [0.717, 1.165) is 30.5 Å². The molecule has 0 radical (unpaired) electrons. The molecule has 0 aromatic heterocycles. The van der Waals surface area contributed by atoms with E-state index in [1.165, 1.54) is 21.0 Å². The van der Waals surface area contributed by atoms with Crippen molar-refractivity contribution >= 4 is 22.8 Å². The number of carbonyl (C=O) groups excluding carboxylic acids is 2. The summed E-state index contributed by atoms with van der Waals surface area (Å²) in [5, 5.41) is 2.70. The van der Waals surface area contributed by atoms with Crippen molar-refractivity contribution in [2.75, 3.05) is 54.4 Å². The second-order valence-electron chi connectivity index (χ2n) is 9.62. The Kier molecular flexibility index (Phi) is 9.64. The molecule has 1 aliphatic heterocycles. The Balaban J connectivity index is 1.51. The highest BCUT2D eigenvalue weighted by molar-refractivity contribution is 7.82. The zero-order chi connectivity index (χ0) is 26.4. The van der Waals surface area contributed by atoms with Crippen LogP contribution >= 0.6 is 0 Å². The van der Waals surface area contributed by atoms with E-state index in [0.29, 0.717) is 23.7 Å². The van der Waals surface area contributed by atoms with Gasteiger partial charge < -0.3 is 19.9 Å². The number of benzene rings is 2. The number of rotatable bonds is 9. The van der Waals surface area contributed by atoms with E-state index in [1.54, 1.807) is 14.2 Å². The third kappa shape index (κ3) is 7.15. The maximum atomic E-state index is 13.1. The van der Waals surface area contributed by atoms with Gasteiger partial charge in [0.1, 0.15) is 16.7 Å². The lowest BCUT2D eigenvalue weighted by Gasteiger charge is -2.21. The zero-order valence-electron chi connectivity index (χ0n) is 22.2. The Labute approximate surface area is 217 Å². The summed E-state index contributed by atoms with van der Waals surface area (Å²) in [7, 11) is 5.82. The second kappa shape index (κ2) is 12.5. The van der Waals surface area contributed by atoms with Gasteiger partial charge in [-0.15, -0.1) is 0 Å². The quantitative estimate of drug-likeness (QED) is 0.554. The fourth-order valence-corrected chi connectivity index (χ4v) is 5.77. The molecule has 0 spiro atoms. The van der Waals surface area contributed by atoms with Crippen molar-refractivity contribution in [2.24, 2.45) is 0 Å². The van der Waals surface area contributed by atoms with Gasteiger partial charge in [0.15, 0.2) is 0 Å². The van der Waals surface area contributed by atoms with Crippen LogP contribution in [0.3, 0.4) is 0 Å². The summed E-state index contributed by atoms with van der Waals surface area (Å²) in [6.45, 7) is 5.75. The van der Waals surface area contributed by atoms with Gasteiger partial charge in [-0.3, -0.25) is 9.59 Å². The lowest BCUT2D eigenvalue weighted by molar-refractivity contribution is -0.132. The van der Waals surface area contributed by atoms with Gasteiger partial charge in [-0.2, -0.15) is 0 Å². The first-order chi connectivity index (χ1) is 17.1. The molecule has 1 aliphatic rings. The third-order valence-corrected chi connectivity index (χ3v) is 8.04. The molecule has 1 N–H and O–H groups in total. The Morgan fingerprint density at radius 2 is 1.67 bits per heavy atom. The van der Waals surface area contributed by atoms with Crippen LogP contribution in [0.2, 0.25) is 0 Å². The molecule has 0 bridgehead atoms. The van der Waals surface area contributed by atoms with Crippen molar-refractivity contribution in [1.82, 2.24) is 19.4 Å². The maximum Gasteiger partial charge on any atom is 0.241 e. The molecule has 1 atom stereocenters. The van der Waals surface area contributed by atoms with Gasteiger partial charge in [0, 0.05) is 26.7 Å². The smallest absolute Gasteiger partial charge is 0.241 e. The molecule has 9 heteroatoms. The number of amides is 2. The van der Waals surface area contributed by atoms with Crippen molar-refractivity contribution in [2.45, 2.75) is 38.1 Å². The number of nitrogens with one attached hydrogen (secondary N) is 1. The number of ether oxygens (including phenoxy) is 1. The molecule has 196 valence electrons. The Hall–Kier alpha value is -2.75. The first-order valence-electron chi connectivity index (χ1n) is 12.2. The molecule has 0 fully saturated rings. The molecule has 1 unspecified atom stereocenters. The summed E-state index contributed by atoms with van der Waals surface area (Å²) in [6.07, 6.45) is 1.61. The average Bonchev–Trinajstić information content (AvgIpc) is 3.03. The molecule has 2 amide bonds. The summed E-state index contributed by atoms with van der Waals surface area (Å²) in [4.78, 5) is 30.0. The van der Waals surface area contributed by atoms with Crippen LogP contribution in [-0.2, 0) is 40.0 Å². The van der Waals surface area contributed by atoms with Gasteiger partial charge in [0.2, 0.25) is 11.8 Å². The third-order valence-electron chi connectivity index (χ3n) is 6.35. The summed E-state index contributed by atoms with van der Waals surface area (Å²) < 4.78 is 19.8. The Bertz CT molecular complexity index is 1110. The highest BCUT2D eigenvalue weighted by Crippen LogP contribution is 2.25. The standard InChI is InChI=1S/C27H38N4O4S/c1-19-13-24(35-6)14-20(2)27(19)36(34)30(5)18-25(32)28-16-26(33)31-11-9-22-8-7-21(17-29(3)4)15-23(22)10-12-31/h7-8,13-15H,9-12,16-18H2,1-6H3,(H,28,32).